The van der Waals surface area contributed by atoms with Crippen molar-refractivity contribution in [1.29, 1.82) is 0 Å². The molecule has 0 fully saturated rings. The molecule has 3 heteroatoms. The highest BCUT2D eigenvalue weighted by molar-refractivity contribution is 5.35. The lowest BCUT2D eigenvalue weighted by atomic mass is 10.1. The summed E-state index contributed by atoms with van der Waals surface area (Å²) in [4.78, 5) is 0. The molecule has 0 N–H and O–H groups in total. The van der Waals surface area contributed by atoms with E-state index >= 15 is 0 Å². The van der Waals surface area contributed by atoms with Crippen LogP contribution in [0.4, 0.5) is 0 Å². The fourth-order valence-corrected chi connectivity index (χ4v) is 1.54. The van der Waals surface area contributed by atoms with Gasteiger partial charge in [0.25, 0.3) is 0 Å². The minimum absolute atomic E-state index is 0.287. The topological polar surface area (TPSA) is 27.7 Å². The Kier molecular flexibility index (Phi) is 6.01. The molecule has 0 saturated carbocycles. The van der Waals surface area contributed by atoms with E-state index in [9.17, 15) is 0 Å². The van der Waals surface area contributed by atoms with E-state index in [4.69, 9.17) is 14.2 Å². The molecule has 0 heterocycles. The summed E-state index contributed by atoms with van der Waals surface area (Å²) in [5.41, 5.74) is 2.32. The lowest BCUT2D eigenvalue weighted by molar-refractivity contribution is -0.152. The molecule has 1 rings (SSSR count). The molecule has 0 aliphatic carbocycles. The zero-order chi connectivity index (χ0) is 12.7. The van der Waals surface area contributed by atoms with Crippen molar-refractivity contribution >= 4 is 0 Å². The van der Waals surface area contributed by atoms with E-state index in [1.165, 1.54) is 5.56 Å². The van der Waals surface area contributed by atoms with Crippen LogP contribution >= 0.6 is 0 Å². The molecule has 3 nitrogen and oxygen atoms in total. The lowest BCUT2D eigenvalue weighted by Gasteiger charge is -2.18. The highest BCUT2D eigenvalue weighted by atomic mass is 16.7. The van der Waals surface area contributed by atoms with Gasteiger partial charge in [-0.2, -0.15) is 0 Å². The molecule has 0 unspecified atom stereocenters. The highest BCUT2D eigenvalue weighted by Gasteiger charge is 2.09. The van der Waals surface area contributed by atoms with Gasteiger partial charge in [-0.25, -0.2) is 0 Å². The molecule has 0 aliphatic rings. The normalized spacial score (nSPS) is 10.9. The Morgan fingerprint density at radius 2 is 1.71 bits per heavy atom. The van der Waals surface area contributed by atoms with Crippen molar-refractivity contribution in [3.63, 3.8) is 0 Å². The minimum atomic E-state index is -0.287. The summed E-state index contributed by atoms with van der Waals surface area (Å²) in [5, 5.41) is 0. The van der Waals surface area contributed by atoms with Gasteiger partial charge < -0.3 is 14.2 Å². The minimum Gasteiger partial charge on any atom is -0.488 e. The second-order valence-corrected chi connectivity index (χ2v) is 3.92. The maximum atomic E-state index is 5.73. The van der Waals surface area contributed by atoms with Crippen LogP contribution in [0.5, 0.6) is 5.75 Å². The average Bonchev–Trinajstić information content (AvgIpc) is 2.30. The van der Waals surface area contributed by atoms with Gasteiger partial charge in [0.1, 0.15) is 12.4 Å². The van der Waals surface area contributed by atoms with E-state index in [-0.39, 0.29) is 6.29 Å². The molecule has 1 aromatic carbocycles. The van der Waals surface area contributed by atoms with Gasteiger partial charge in [-0.1, -0.05) is 12.1 Å². The zero-order valence-electron chi connectivity index (χ0n) is 11.2. The Bertz CT molecular complexity index is 330. The van der Waals surface area contributed by atoms with E-state index in [0.717, 1.165) is 11.3 Å². The summed E-state index contributed by atoms with van der Waals surface area (Å²) in [7, 11) is 0. The molecule has 0 atom stereocenters. The third-order valence-electron chi connectivity index (χ3n) is 2.42. The Hall–Kier alpha value is -1.06. The van der Waals surface area contributed by atoms with Crippen molar-refractivity contribution in [3.8, 4) is 5.75 Å². The van der Waals surface area contributed by atoms with Crippen molar-refractivity contribution in [2.24, 2.45) is 0 Å². The Morgan fingerprint density at radius 1 is 1.06 bits per heavy atom. The summed E-state index contributed by atoms with van der Waals surface area (Å²) >= 11 is 0. The van der Waals surface area contributed by atoms with Gasteiger partial charge in [0.15, 0.2) is 6.29 Å². The number of ether oxygens (including phenoxy) is 3. The number of benzene rings is 1. The monoisotopic (exact) mass is 238 g/mol. The molecule has 0 spiro atoms. The Morgan fingerprint density at radius 3 is 2.29 bits per heavy atom. The first-order valence-electron chi connectivity index (χ1n) is 6.10. The first-order valence-corrected chi connectivity index (χ1v) is 6.10. The van der Waals surface area contributed by atoms with E-state index in [2.05, 4.69) is 19.1 Å². The number of hydrogen-bond donors (Lipinski definition) is 0. The van der Waals surface area contributed by atoms with Gasteiger partial charge in [-0.3, -0.25) is 0 Å². The lowest BCUT2D eigenvalue weighted by Crippen LogP contribution is -2.25. The van der Waals surface area contributed by atoms with Gasteiger partial charge in [-0.15, -0.1) is 0 Å². The second-order valence-electron chi connectivity index (χ2n) is 3.92. The van der Waals surface area contributed by atoms with Gasteiger partial charge in [0.2, 0.25) is 0 Å². The summed E-state index contributed by atoms with van der Waals surface area (Å²) in [6, 6.07) is 6.16. The quantitative estimate of drug-likeness (QED) is 0.683. The molecule has 0 amide bonds. The predicted molar refractivity (Wildman–Crippen MR) is 68.5 cm³/mol. The molecule has 0 aromatic heterocycles. The molecular weight excluding hydrogens is 216 g/mol. The fourth-order valence-electron chi connectivity index (χ4n) is 1.54. The smallest absolute Gasteiger partial charge is 0.191 e. The molecule has 96 valence electrons. The second kappa shape index (κ2) is 7.30. The first-order chi connectivity index (χ1) is 8.17. The largest absolute Gasteiger partial charge is 0.488 e. The summed E-state index contributed by atoms with van der Waals surface area (Å²) < 4.78 is 16.6. The maximum Gasteiger partial charge on any atom is 0.191 e. The van der Waals surface area contributed by atoms with Crippen molar-refractivity contribution in [2.45, 2.75) is 34.0 Å². The van der Waals surface area contributed by atoms with Crippen molar-refractivity contribution in [2.75, 3.05) is 19.8 Å². The van der Waals surface area contributed by atoms with Crippen molar-refractivity contribution in [3.05, 3.63) is 29.3 Å². The zero-order valence-corrected chi connectivity index (χ0v) is 11.2. The van der Waals surface area contributed by atoms with Gasteiger partial charge in [-0.05, 0) is 44.9 Å². The first kappa shape index (κ1) is 14.0. The Labute approximate surface area is 104 Å². The number of aryl methyl sites for hydroxylation is 2. The van der Waals surface area contributed by atoms with Crippen molar-refractivity contribution in [1.82, 2.24) is 0 Å². The summed E-state index contributed by atoms with van der Waals surface area (Å²) in [5.74, 6) is 0.898. The van der Waals surface area contributed by atoms with E-state index in [1.54, 1.807) is 0 Å². The predicted octanol–water partition coefficient (Wildman–Crippen LogP) is 3.08. The SMILES string of the molecule is CCOC(COc1cc(C)ccc1C)OCC. The van der Waals surface area contributed by atoms with Gasteiger partial charge >= 0.3 is 0 Å². The summed E-state index contributed by atoms with van der Waals surface area (Å²) in [6.07, 6.45) is -0.287. The molecule has 1 aromatic rings. The van der Waals surface area contributed by atoms with E-state index in [1.807, 2.05) is 26.8 Å². The highest BCUT2D eigenvalue weighted by Crippen LogP contribution is 2.19. The average molecular weight is 238 g/mol. The molecule has 0 radical (unpaired) electrons. The van der Waals surface area contributed by atoms with Crippen LogP contribution in [0.25, 0.3) is 0 Å². The van der Waals surface area contributed by atoms with Crippen LogP contribution in [0.3, 0.4) is 0 Å². The maximum absolute atomic E-state index is 5.73. The molecule has 0 aliphatic heterocycles. The van der Waals surface area contributed by atoms with Crippen molar-refractivity contribution < 1.29 is 14.2 Å². The van der Waals surface area contributed by atoms with Crippen LogP contribution in [0, 0.1) is 13.8 Å². The van der Waals surface area contributed by atoms with Gasteiger partial charge in [0.05, 0.1) is 0 Å². The molecular formula is C14H22O3. The summed E-state index contributed by atoms with van der Waals surface area (Å²) in [6.45, 7) is 9.65. The molecule has 17 heavy (non-hydrogen) atoms. The third kappa shape index (κ3) is 4.75. The van der Waals surface area contributed by atoms with Crippen LogP contribution in [-0.2, 0) is 9.47 Å². The number of rotatable bonds is 7. The van der Waals surface area contributed by atoms with Crippen LogP contribution < -0.4 is 4.74 Å². The van der Waals surface area contributed by atoms with Crippen LogP contribution in [0.2, 0.25) is 0 Å². The molecule has 0 bridgehead atoms. The van der Waals surface area contributed by atoms with Gasteiger partial charge in [0, 0.05) is 13.2 Å². The van der Waals surface area contributed by atoms with Crippen LogP contribution in [-0.4, -0.2) is 26.1 Å². The van der Waals surface area contributed by atoms with Crippen LogP contribution in [0.1, 0.15) is 25.0 Å². The molecule has 0 saturated heterocycles. The Balaban J connectivity index is 2.55. The van der Waals surface area contributed by atoms with E-state index < -0.39 is 0 Å². The number of hydrogen-bond acceptors (Lipinski definition) is 3. The van der Waals surface area contributed by atoms with Crippen LogP contribution in [0.15, 0.2) is 18.2 Å². The van der Waals surface area contributed by atoms with E-state index in [0.29, 0.717) is 19.8 Å². The standard InChI is InChI=1S/C14H22O3/c1-5-15-14(16-6-2)10-17-13-9-11(3)7-8-12(13)4/h7-9,14H,5-6,10H2,1-4H3. The fraction of sp³-hybridized carbons (Fsp3) is 0.571. The third-order valence-corrected chi connectivity index (χ3v) is 2.42.